The lowest BCUT2D eigenvalue weighted by Gasteiger charge is -2.15. The van der Waals surface area contributed by atoms with Crippen molar-refractivity contribution in [1.29, 1.82) is 0 Å². The highest BCUT2D eigenvalue weighted by atomic mass is 32.2. The predicted octanol–water partition coefficient (Wildman–Crippen LogP) is 3.54. The van der Waals surface area contributed by atoms with Crippen LogP contribution in [0, 0.1) is 5.92 Å². The minimum atomic E-state index is -0.195. The quantitative estimate of drug-likeness (QED) is 0.750. The summed E-state index contributed by atoms with van der Waals surface area (Å²) in [7, 11) is 0. The largest absolute Gasteiger partial charge is 0.337 e. The molecule has 1 aliphatic carbocycles. The molecule has 0 bridgehead atoms. The van der Waals surface area contributed by atoms with E-state index in [2.05, 4.69) is 39.3 Å². The van der Waals surface area contributed by atoms with Gasteiger partial charge in [0.25, 0.3) is 0 Å². The van der Waals surface area contributed by atoms with Crippen LogP contribution in [-0.4, -0.2) is 33.6 Å². The van der Waals surface area contributed by atoms with Gasteiger partial charge in [0.15, 0.2) is 0 Å². The highest BCUT2D eigenvalue weighted by Crippen LogP contribution is 2.40. The van der Waals surface area contributed by atoms with Crippen molar-refractivity contribution in [3.63, 3.8) is 0 Å². The molecule has 0 aromatic carbocycles. The Kier molecular flexibility index (Phi) is 5.78. The Balaban J connectivity index is 1.45. The Labute approximate surface area is 150 Å². The predicted molar refractivity (Wildman–Crippen MR) is 99.7 cm³/mol. The van der Waals surface area contributed by atoms with Crippen LogP contribution in [0.15, 0.2) is 17.6 Å². The number of aromatic nitrogens is 3. The van der Waals surface area contributed by atoms with Crippen molar-refractivity contribution in [2.45, 2.75) is 38.0 Å². The average Bonchev–Trinajstić information content (AvgIpc) is 3.16. The van der Waals surface area contributed by atoms with E-state index >= 15 is 0 Å². The minimum Gasteiger partial charge on any atom is -0.337 e. The fourth-order valence-electron chi connectivity index (χ4n) is 2.63. The number of urea groups is 1. The Morgan fingerprint density at radius 2 is 2.38 bits per heavy atom. The molecule has 24 heavy (non-hydrogen) atoms. The molecule has 0 radical (unpaired) electrons. The molecule has 0 unspecified atom stereocenters. The van der Waals surface area contributed by atoms with E-state index in [-0.39, 0.29) is 6.03 Å². The first-order valence-corrected chi connectivity index (χ1v) is 10.5. The Morgan fingerprint density at radius 1 is 1.54 bits per heavy atom. The number of hydrogen-bond donors (Lipinski definition) is 2. The molecule has 2 heterocycles. The van der Waals surface area contributed by atoms with Gasteiger partial charge >= 0.3 is 6.03 Å². The number of nitrogens with one attached hydrogen (secondary N) is 2. The molecule has 8 heteroatoms. The van der Waals surface area contributed by atoms with E-state index in [1.165, 1.54) is 12.8 Å². The minimum absolute atomic E-state index is 0.195. The van der Waals surface area contributed by atoms with Gasteiger partial charge in [-0.15, -0.1) is 11.3 Å². The van der Waals surface area contributed by atoms with Crippen LogP contribution in [0.2, 0.25) is 0 Å². The van der Waals surface area contributed by atoms with Gasteiger partial charge in [-0.2, -0.15) is 16.9 Å². The van der Waals surface area contributed by atoms with E-state index < -0.39 is 0 Å². The molecule has 0 aliphatic heterocycles. The number of thioether (sulfide) groups is 1. The van der Waals surface area contributed by atoms with Crippen LogP contribution in [0.5, 0.6) is 0 Å². The smallest absolute Gasteiger partial charge is 0.320 e. The first kappa shape index (κ1) is 17.3. The van der Waals surface area contributed by atoms with E-state index in [1.54, 1.807) is 29.3 Å². The molecule has 1 fully saturated rings. The molecule has 2 aromatic heterocycles. The summed E-state index contributed by atoms with van der Waals surface area (Å²) in [6.45, 7) is 2.72. The summed E-state index contributed by atoms with van der Waals surface area (Å²) >= 11 is 3.45. The van der Waals surface area contributed by atoms with Crippen LogP contribution >= 0.6 is 23.1 Å². The van der Waals surface area contributed by atoms with Gasteiger partial charge in [-0.25, -0.2) is 14.5 Å². The second-order valence-corrected chi connectivity index (χ2v) is 7.84. The molecular weight excluding hydrogens is 342 g/mol. The van der Waals surface area contributed by atoms with Crippen molar-refractivity contribution >= 4 is 34.9 Å². The van der Waals surface area contributed by atoms with E-state index in [9.17, 15) is 4.79 Å². The van der Waals surface area contributed by atoms with E-state index in [0.29, 0.717) is 18.5 Å². The van der Waals surface area contributed by atoms with Gasteiger partial charge in [0.05, 0.1) is 17.9 Å². The molecule has 0 saturated heterocycles. The zero-order chi connectivity index (χ0) is 16.9. The molecular formula is C16H23N5OS2. The van der Waals surface area contributed by atoms with E-state index in [1.807, 2.05) is 10.7 Å². The van der Waals surface area contributed by atoms with Gasteiger partial charge in [-0.3, -0.25) is 5.32 Å². The van der Waals surface area contributed by atoms with E-state index in [4.69, 9.17) is 0 Å². The maximum Gasteiger partial charge on any atom is 0.320 e. The van der Waals surface area contributed by atoms with Crippen LogP contribution in [0.25, 0.3) is 0 Å². The molecule has 2 aromatic rings. The first-order chi connectivity index (χ1) is 11.7. The molecule has 0 spiro atoms. The summed E-state index contributed by atoms with van der Waals surface area (Å²) in [5.41, 5.74) is 1.04. The maximum absolute atomic E-state index is 12.1. The van der Waals surface area contributed by atoms with Crippen LogP contribution in [0.3, 0.4) is 0 Å². The summed E-state index contributed by atoms with van der Waals surface area (Å²) in [6, 6.07) is 1.98. The van der Waals surface area contributed by atoms with Crippen LogP contribution < -0.4 is 10.6 Å². The van der Waals surface area contributed by atoms with Gasteiger partial charge in [0.1, 0.15) is 10.8 Å². The number of thiazole rings is 1. The third kappa shape index (κ3) is 4.51. The number of amides is 2. The topological polar surface area (TPSA) is 71.8 Å². The fourth-order valence-corrected chi connectivity index (χ4v) is 4.18. The number of rotatable bonds is 8. The molecule has 2 amide bonds. The Bertz CT molecular complexity index is 680. The van der Waals surface area contributed by atoms with Crippen molar-refractivity contribution in [3.8, 4) is 0 Å². The lowest BCUT2D eigenvalue weighted by molar-refractivity contribution is 0.252. The Hall–Kier alpha value is -1.54. The summed E-state index contributed by atoms with van der Waals surface area (Å²) in [5.74, 6) is 2.39. The van der Waals surface area contributed by atoms with Gasteiger partial charge < -0.3 is 5.32 Å². The van der Waals surface area contributed by atoms with Gasteiger partial charge in [-0.1, -0.05) is 0 Å². The molecule has 130 valence electrons. The third-order valence-electron chi connectivity index (χ3n) is 4.14. The zero-order valence-electron chi connectivity index (χ0n) is 14.0. The number of carbonyl (C=O) groups is 1. The molecule has 2 N–H and O–H groups in total. The highest BCUT2D eigenvalue weighted by molar-refractivity contribution is 7.97. The standard InChI is InChI=1S/C16H23N5OS2/c1-11(12-3-4-12)21-14(6-8-18-21)20-16(22)17-7-5-13-9-24-15(19-13)10-23-2/h6,8-9,11-12H,3-5,7,10H2,1-2H3,(H2,17,20,22)/t11-/m1/s1. The lowest BCUT2D eigenvalue weighted by atomic mass is 10.2. The number of carbonyl (C=O) groups excluding carboxylic acids is 1. The summed E-state index contributed by atoms with van der Waals surface area (Å²) in [4.78, 5) is 16.6. The van der Waals surface area contributed by atoms with Crippen molar-refractivity contribution in [1.82, 2.24) is 20.1 Å². The van der Waals surface area contributed by atoms with Crippen molar-refractivity contribution in [2.75, 3.05) is 18.1 Å². The van der Waals surface area contributed by atoms with Gasteiger partial charge in [0.2, 0.25) is 0 Å². The molecule has 6 nitrogen and oxygen atoms in total. The fraction of sp³-hybridized carbons (Fsp3) is 0.562. The Morgan fingerprint density at radius 3 is 3.12 bits per heavy atom. The van der Waals surface area contributed by atoms with Crippen molar-refractivity contribution in [3.05, 3.63) is 28.3 Å². The second-order valence-electron chi connectivity index (χ2n) is 6.04. The normalized spacial score (nSPS) is 15.2. The summed E-state index contributed by atoms with van der Waals surface area (Å²) in [5, 5.41) is 13.3. The zero-order valence-corrected chi connectivity index (χ0v) is 15.6. The molecule has 1 saturated carbocycles. The number of hydrogen-bond acceptors (Lipinski definition) is 5. The molecule has 1 aliphatic rings. The number of nitrogens with zero attached hydrogens (tertiary/aromatic N) is 3. The lowest BCUT2D eigenvalue weighted by Crippen LogP contribution is -2.31. The van der Waals surface area contributed by atoms with Gasteiger partial charge in [0, 0.05) is 30.2 Å². The maximum atomic E-state index is 12.1. The van der Waals surface area contributed by atoms with Crippen LogP contribution in [-0.2, 0) is 12.2 Å². The first-order valence-electron chi connectivity index (χ1n) is 8.18. The average molecular weight is 366 g/mol. The van der Waals surface area contributed by atoms with Crippen LogP contribution in [0.1, 0.15) is 36.5 Å². The number of anilines is 1. The van der Waals surface area contributed by atoms with Crippen LogP contribution in [0.4, 0.5) is 10.6 Å². The monoisotopic (exact) mass is 365 g/mol. The third-order valence-corrected chi connectivity index (χ3v) is 5.78. The molecule has 1 atom stereocenters. The second kappa shape index (κ2) is 8.02. The highest BCUT2D eigenvalue weighted by Gasteiger charge is 2.30. The van der Waals surface area contributed by atoms with Crippen molar-refractivity contribution in [2.24, 2.45) is 5.92 Å². The summed E-state index contributed by atoms with van der Waals surface area (Å²) < 4.78 is 1.91. The SMILES string of the molecule is CSCc1nc(CCNC(=O)Nc2ccnn2[C@H](C)C2CC2)cs1. The van der Waals surface area contributed by atoms with Crippen molar-refractivity contribution < 1.29 is 4.79 Å². The molecule has 3 rings (SSSR count). The van der Waals surface area contributed by atoms with E-state index in [0.717, 1.165) is 28.7 Å². The van der Waals surface area contributed by atoms with Gasteiger partial charge in [-0.05, 0) is 31.9 Å². The summed E-state index contributed by atoms with van der Waals surface area (Å²) in [6.07, 6.45) is 7.05.